The number of rotatable bonds is 3. The summed E-state index contributed by atoms with van der Waals surface area (Å²) in [5.41, 5.74) is 0.387. The zero-order chi connectivity index (χ0) is 17.3. The molecule has 1 saturated heterocycles. The molecule has 1 fully saturated rings. The second-order valence-corrected chi connectivity index (χ2v) is 5.65. The Balaban J connectivity index is 2.56. The van der Waals surface area contributed by atoms with Crippen LogP contribution >= 0.6 is 15.9 Å². The third-order valence-electron chi connectivity index (χ3n) is 3.45. The van der Waals surface area contributed by atoms with Crippen molar-refractivity contribution in [3.63, 3.8) is 0 Å². The number of halogens is 1. The van der Waals surface area contributed by atoms with E-state index in [1.807, 2.05) is 0 Å². The fourth-order valence-electron chi connectivity index (χ4n) is 2.13. The van der Waals surface area contributed by atoms with E-state index in [2.05, 4.69) is 15.9 Å². The number of carbonyl (C=O) groups is 3. The molecule has 2 rings (SSSR count). The Kier molecular flexibility index (Phi) is 4.74. The fourth-order valence-corrected chi connectivity index (χ4v) is 2.65. The smallest absolute Gasteiger partial charge is 0.333 e. The minimum absolute atomic E-state index is 0.120. The number of nitrogens with zero attached hydrogens (tertiary/aromatic N) is 2. The van der Waals surface area contributed by atoms with E-state index < -0.39 is 17.8 Å². The van der Waals surface area contributed by atoms with Crippen LogP contribution in [0.2, 0.25) is 0 Å². The molecule has 1 heterocycles. The number of urea groups is 1. The molecule has 0 aliphatic carbocycles. The number of imide groups is 2. The zero-order valence-electron chi connectivity index (χ0n) is 13.0. The molecule has 0 aromatic heterocycles. The van der Waals surface area contributed by atoms with Crippen molar-refractivity contribution in [2.24, 2.45) is 0 Å². The number of hydrogen-bond acceptors (Lipinski definition) is 5. The van der Waals surface area contributed by atoms with Gasteiger partial charge in [-0.15, -0.1) is 0 Å². The molecule has 23 heavy (non-hydrogen) atoms. The van der Waals surface area contributed by atoms with E-state index in [-0.39, 0.29) is 5.57 Å². The topological polar surface area (TPSA) is 76.2 Å². The quantitative estimate of drug-likeness (QED) is 0.589. The van der Waals surface area contributed by atoms with Crippen LogP contribution in [-0.4, -0.2) is 56.0 Å². The first-order chi connectivity index (χ1) is 10.8. The number of benzene rings is 1. The molecule has 122 valence electrons. The molecule has 0 atom stereocenters. The molecule has 0 unspecified atom stereocenters. The van der Waals surface area contributed by atoms with E-state index in [1.165, 1.54) is 34.4 Å². The summed E-state index contributed by atoms with van der Waals surface area (Å²) in [5.74, 6) is -0.339. The van der Waals surface area contributed by atoms with Crippen LogP contribution < -0.4 is 9.47 Å². The van der Waals surface area contributed by atoms with Crippen LogP contribution in [0.25, 0.3) is 6.08 Å². The summed E-state index contributed by atoms with van der Waals surface area (Å²) in [6.45, 7) is 0. The molecule has 1 aromatic carbocycles. The summed E-state index contributed by atoms with van der Waals surface area (Å²) in [6, 6.07) is 2.63. The number of ether oxygens (including phenoxy) is 2. The maximum Gasteiger partial charge on any atom is 0.333 e. The second-order valence-electron chi connectivity index (χ2n) is 4.80. The van der Waals surface area contributed by atoms with E-state index in [9.17, 15) is 14.4 Å². The molecule has 0 radical (unpaired) electrons. The highest BCUT2D eigenvalue weighted by atomic mass is 79.9. The van der Waals surface area contributed by atoms with E-state index >= 15 is 0 Å². The van der Waals surface area contributed by atoms with E-state index in [4.69, 9.17) is 9.47 Å². The predicted molar refractivity (Wildman–Crippen MR) is 86.2 cm³/mol. The summed E-state index contributed by atoms with van der Waals surface area (Å²) in [4.78, 5) is 37.9. The summed E-state index contributed by atoms with van der Waals surface area (Å²) in [5, 5.41) is 0. The van der Waals surface area contributed by atoms with Gasteiger partial charge in [0.1, 0.15) is 17.1 Å². The van der Waals surface area contributed by atoms with Crippen LogP contribution in [0.4, 0.5) is 4.79 Å². The van der Waals surface area contributed by atoms with E-state index in [0.717, 1.165) is 9.80 Å². The predicted octanol–water partition coefficient (Wildman–Crippen LogP) is 1.90. The maximum absolute atomic E-state index is 12.2. The van der Waals surface area contributed by atoms with Gasteiger partial charge in [0.15, 0.2) is 0 Å². The molecule has 1 aliphatic heterocycles. The first-order valence-electron chi connectivity index (χ1n) is 6.55. The van der Waals surface area contributed by atoms with Gasteiger partial charge in [0, 0.05) is 25.7 Å². The SMILES string of the molecule is COc1cc(OC)c(C=C2C(=O)N(C)C(=O)N(C)C2=O)cc1Br. The normalized spacial score (nSPS) is 15.2. The molecule has 4 amide bonds. The van der Waals surface area contributed by atoms with Gasteiger partial charge in [0.05, 0.1) is 18.7 Å². The zero-order valence-corrected chi connectivity index (χ0v) is 14.6. The average Bonchev–Trinajstić information content (AvgIpc) is 2.55. The number of methoxy groups -OCH3 is 2. The lowest BCUT2D eigenvalue weighted by Crippen LogP contribution is -2.52. The Hall–Kier alpha value is -2.35. The molecule has 1 aliphatic rings. The van der Waals surface area contributed by atoms with Gasteiger partial charge in [-0.05, 0) is 28.1 Å². The van der Waals surface area contributed by atoms with Crippen LogP contribution in [0.15, 0.2) is 22.2 Å². The number of barbiturate groups is 1. The fraction of sp³-hybridized carbons (Fsp3) is 0.267. The molecular weight excluding hydrogens is 368 g/mol. The highest BCUT2D eigenvalue weighted by molar-refractivity contribution is 9.10. The first kappa shape index (κ1) is 17.0. The molecule has 1 aromatic rings. The van der Waals surface area contributed by atoms with E-state index in [0.29, 0.717) is 21.5 Å². The number of hydrogen-bond donors (Lipinski definition) is 0. The van der Waals surface area contributed by atoms with Crippen molar-refractivity contribution in [2.75, 3.05) is 28.3 Å². The lowest BCUT2D eigenvalue weighted by atomic mass is 10.1. The Bertz CT molecular complexity index is 703. The van der Waals surface area contributed by atoms with Crippen LogP contribution in [0.3, 0.4) is 0 Å². The van der Waals surface area contributed by atoms with Gasteiger partial charge in [-0.2, -0.15) is 0 Å². The third-order valence-corrected chi connectivity index (χ3v) is 4.07. The summed E-state index contributed by atoms with van der Waals surface area (Å²) < 4.78 is 11.1. The van der Waals surface area contributed by atoms with Gasteiger partial charge in [-0.3, -0.25) is 19.4 Å². The molecule has 0 saturated carbocycles. The first-order valence-corrected chi connectivity index (χ1v) is 7.34. The van der Waals surface area contributed by atoms with E-state index in [1.54, 1.807) is 12.1 Å². The minimum atomic E-state index is -0.667. The third kappa shape index (κ3) is 2.94. The summed E-state index contributed by atoms with van der Waals surface area (Å²) in [7, 11) is 5.63. The standard InChI is InChI=1S/C15H15BrN2O5/c1-17-13(19)9(14(20)18(2)15(17)21)5-8-6-10(16)12(23-4)7-11(8)22-3/h5-7H,1-4H3. The van der Waals surface area contributed by atoms with Crippen molar-refractivity contribution >= 4 is 39.9 Å². The largest absolute Gasteiger partial charge is 0.496 e. The molecule has 0 spiro atoms. The van der Waals surface area contributed by atoms with Gasteiger partial charge < -0.3 is 9.47 Å². The van der Waals surface area contributed by atoms with Crippen molar-refractivity contribution in [1.82, 2.24) is 9.80 Å². The Morgan fingerprint density at radius 2 is 1.48 bits per heavy atom. The Labute approximate surface area is 141 Å². The monoisotopic (exact) mass is 382 g/mol. The highest BCUT2D eigenvalue weighted by Crippen LogP contribution is 2.34. The van der Waals surface area contributed by atoms with Crippen LogP contribution in [0, 0.1) is 0 Å². The number of likely N-dealkylation sites (N-methyl/N-ethyl adjacent to an activating group) is 2. The molecular formula is C15H15BrN2O5. The number of carbonyl (C=O) groups excluding carboxylic acids is 3. The second kappa shape index (κ2) is 6.41. The molecule has 8 heteroatoms. The van der Waals surface area contributed by atoms with Crippen LogP contribution in [0.1, 0.15) is 5.56 Å². The maximum atomic E-state index is 12.2. The van der Waals surface area contributed by atoms with Crippen LogP contribution in [0.5, 0.6) is 11.5 Å². The Morgan fingerprint density at radius 1 is 0.957 bits per heavy atom. The van der Waals surface area contributed by atoms with Crippen molar-refractivity contribution in [1.29, 1.82) is 0 Å². The highest BCUT2D eigenvalue weighted by Gasteiger charge is 2.37. The van der Waals surface area contributed by atoms with Crippen molar-refractivity contribution in [3.8, 4) is 11.5 Å². The van der Waals surface area contributed by atoms with Gasteiger partial charge in [-0.25, -0.2) is 4.79 Å². The summed E-state index contributed by atoms with van der Waals surface area (Å²) in [6.07, 6.45) is 1.40. The number of amides is 4. The van der Waals surface area contributed by atoms with Crippen LogP contribution in [-0.2, 0) is 9.59 Å². The molecule has 7 nitrogen and oxygen atoms in total. The Morgan fingerprint density at radius 3 is 1.96 bits per heavy atom. The van der Waals surface area contributed by atoms with Crippen molar-refractivity contribution < 1.29 is 23.9 Å². The lowest BCUT2D eigenvalue weighted by Gasteiger charge is -2.29. The van der Waals surface area contributed by atoms with Gasteiger partial charge in [0.25, 0.3) is 11.8 Å². The van der Waals surface area contributed by atoms with Gasteiger partial charge >= 0.3 is 6.03 Å². The minimum Gasteiger partial charge on any atom is -0.496 e. The van der Waals surface area contributed by atoms with Gasteiger partial charge in [0.2, 0.25) is 0 Å². The molecule has 0 bridgehead atoms. The van der Waals surface area contributed by atoms with Gasteiger partial charge in [-0.1, -0.05) is 0 Å². The summed E-state index contributed by atoms with van der Waals surface area (Å²) >= 11 is 3.34. The lowest BCUT2D eigenvalue weighted by molar-refractivity contribution is -0.134. The molecule has 0 N–H and O–H groups in total. The van der Waals surface area contributed by atoms with Crippen molar-refractivity contribution in [2.45, 2.75) is 0 Å². The van der Waals surface area contributed by atoms with Crippen molar-refractivity contribution in [3.05, 3.63) is 27.7 Å². The average molecular weight is 383 g/mol.